The Labute approximate surface area is 79.3 Å². The molecule has 1 saturated heterocycles. The van der Waals surface area contributed by atoms with Crippen LogP contribution in [0.5, 0.6) is 0 Å². The van der Waals surface area contributed by atoms with Gasteiger partial charge in [0.1, 0.15) is 0 Å². The minimum atomic E-state index is -0.222. The van der Waals surface area contributed by atoms with Crippen LogP contribution in [0.2, 0.25) is 0 Å². The van der Waals surface area contributed by atoms with Crippen LogP contribution in [0.3, 0.4) is 0 Å². The van der Waals surface area contributed by atoms with Crippen LogP contribution in [0, 0.1) is 0 Å². The van der Waals surface area contributed by atoms with E-state index in [9.17, 15) is 5.11 Å². The lowest BCUT2D eigenvalue weighted by molar-refractivity contribution is 0.0675. The number of aliphatic hydroxyl groups excluding tert-OH is 1. The number of hydrogen-bond donors (Lipinski definition) is 1. The van der Waals surface area contributed by atoms with Crippen LogP contribution < -0.4 is 0 Å². The van der Waals surface area contributed by atoms with Crippen molar-refractivity contribution in [3.63, 3.8) is 0 Å². The first-order valence-electron chi connectivity index (χ1n) is 4.60. The summed E-state index contributed by atoms with van der Waals surface area (Å²) in [7, 11) is 2.12. The standard InChI is InChI=1S/C9H19NOS/c1-7(8(2)11)10(3)9-4-5-12-6-9/h7-9,11H,4-6H2,1-3H3. The summed E-state index contributed by atoms with van der Waals surface area (Å²) in [6.07, 6.45) is 1.05. The van der Waals surface area contributed by atoms with Crippen LogP contribution in [0.25, 0.3) is 0 Å². The zero-order valence-electron chi connectivity index (χ0n) is 8.16. The third-order valence-electron chi connectivity index (χ3n) is 2.82. The van der Waals surface area contributed by atoms with Gasteiger partial charge < -0.3 is 5.11 Å². The average molecular weight is 189 g/mol. The number of nitrogens with zero attached hydrogens (tertiary/aromatic N) is 1. The molecule has 1 fully saturated rings. The van der Waals surface area contributed by atoms with Crippen LogP contribution >= 0.6 is 11.8 Å². The van der Waals surface area contributed by atoms with Crippen molar-refractivity contribution in [2.45, 2.75) is 38.5 Å². The van der Waals surface area contributed by atoms with E-state index in [2.05, 4.69) is 18.9 Å². The predicted molar refractivity (Wildman–Crippen MR) is 54.6 cm³/mol. The van der Waals surface area contributed by atoms with Gasteiger partial charge in [0.05, 0.1) is 6.10 Å². The molecule has 1 heterocycles. The summed E-state index contributed by atoms with van der Waals surface area (Å²) in [4.78, 5) is 2.31. The second-order valence-electron chi connectivity index (χ2n) is 3.66. The third-order valence-corrected chi connectivity index (χ3v) is 3.97. The van der Waals surface area contributed by atoms with Gasteiger partial charge in [0, 0.05) is 17.8 Å². The molecule has 3 atom stereocenters. The molecule has 0 bridgehead atoms. The zero-order valence-corrected chi connectivity index (χ0v) is 8.97. The molecule has 1 aliphatic rings. The number of hydrogen-bond acceptors (Lipinski definition) is 3. The van der Waals surface area contributed by atoms with Gasteiger partial charge in [0.2, 0.25) is 0 Å². The zero-order chi connectivity index (χ0) is 9.14. The maximum atomic E-state index is 9.40. The topological polar surface area (TPSA) is 23.5 Å². The van der Waals surface area contributed by atoms with Crippen molar-refractivity contribution < 1.29 is 5.11 Å². The maximum absolute atomic E-state index is 9.40. The van der Waals surface area contributed by atoms with Crippen molar-refractivity contribution in [2.75, 3.05) is 18.6 Å². The largest absolute Gasteiger partial charge is 0.392 e. The first kappa shape index (κ1) is 10.4. The Morgan fingerprint density at radius 1 is 1.50 bits per heavy atom. The van der Waals surface area contributed by atoms with Crippen LogP contribution in [-0.4, -0.2) is 46.7 Å². The molecule has 0 spiro atoms. The summed E-state index contributed by atoms with van der Waals surface area (Å²) >= 11 is 2.02. The molecule has 1 N–H and O–H groups in total. The highest BCUT2D eigenvalue weighted by Crippen LogP contribution is 2.23. The molecule has 2 nitrogen and oxygen atoms in total. The third kappa shape index (κ3) is 2.38. The summed E-state index contributed by atoms with van der Waals surface area (Å²) < 4.78 is 0. The molecule has 0 saturated carbocycles. The fraction of sp³-hybridized carbons (Fsp3) is 1.00. The molecule has 0 aromatic carbocycles. The fourth-order valence-electron chi connectivity index (χ4n) is 1.52. The van der Waals surface area contributed by atoms with Crippen molar-refractivity contribution in [1.82, 2.24) is 4.90 Å². The van der Waals surface area contributed by atoms with Gasteiger partial charge in [-0.05, 0) is 33.1 Å². The first-order chi connectivity index (χ1) is 5.63. The summed E-state index contributed by atoms with van der Waals surface area (Å²) in [6, 6.07) is 0.966. The van der Waals surface area contributed by atoms with E-state index >= 15 is 0 Å². The van der Waals surface area contributed by atoms with E-state index in [1.54, 1.807) is 0 Å². The second-order valence-corrected chi connectivity index (χ2v) is 4.81. The molecule has 3 heteroatoms. The van der Waals surface area contributed by atoms with Gasteiger partial charge in [-0.3, -0.25) is 4.90 Å². The Balaban J connectivity index is 2.39. The lowest BCUT2D eigenvalue weighted by Crippen LogP contribution is -2.44. The Bertz CT molecular complexity index is 132. The van der Waals surface area contributed by atoms with E-state index in [1.807, 2.05) is 18.7 Å². The van der Waals surface area contributed by atoms with Gasteiger partial charge in [0.15, 0.2) is 0 Å². The minimum absolute atomic E-state index is 0.222. The molecule has 0 aromatic rings. The average Bonchev–Trinajstić information content (AvgIpc) is 2.53. The summed E-state index contributed by atoms with van der Waals surface area (Å²) in [6.45, 7) is 3.96. The molecule has 12 heavy (non-hydrogen) atoms. The quantitative estimate of drug-likeness (QED) is 0.721. The number of rotatable bonds is 3. The normalized spacial score (nSPS) is 29.2. The van der Waals surface area contributed by atoms with E-state index in [0.717, 1.165) is 0 Å². The van der Waals surface area contributed by atoms with Crippen LogP contribution in [-0.2, 0) is 0 Å². The van der Waals surface area contributed by atoms with Gasteiger partial charge in [-0.25, -0.2) is 0 Å². The molecule has 1 aliphatic heterocycles. The molecular weight excluding hydrogens is 170 g/mol. The number of aliphatic hydroxyl groups is 1. The molecule has 0 radical (unpaired) electrons. The van der Waals surface area contributed by atoms with Gasteiger partial charge >= 0.3 is 0 Å². The second kappa shape index (κ2) is 4.49. The number of likely N-dealkylation sites (N-methyl/N-ethyl adjacent to an activating group) is 1. The highest BCUT2D eigenvalue weighted by molar-refractivity contribution is 7.99. The van der Waals surface area contributed by atoms with E-state index < -0.39 is 0 Å². The van der Waals surface area contributed by atoms with Gasteiger partial charge in [-0.1, -0.05) is 0 Å². The van der Waals surface area contributed by atoms with Gasteiger partial charge in [-0.2, -0.15) is 11.8 Å². The van der Waals surface area contributed by atoms with Crippen molar-refractivity contribution in [1.29, 1.82) is 0 Å². The monoisotopic (exact) mass is 189 g/mol. The molecule has 0 aromatic heterocycles. The molecule has 3 unspecified atom stereocenters. The predicted octanol–water partition coefficient (Wildman–Crippen LogP) is 1.19. The molecular formula is C9H19NOS. The van der Waals surface area contributed by atoms with Crippen molar-refractivity contribution >= 4 is 11.8 Å². The molecule has 0 amide bonds. The highest BCUT2D eigenvalue weighted by Gasteiger charge is 2.25. The lowest BCUT2D eigenvalue weighted by Gasteiger charge is -2.31. The Hall–Kier alpha value is 0.270. The first-order valence-corrected chi connectivity index (χ1v) is 5.76. The van der Waals surface area contributed by atoms with Crippen LogP contribution in [0.4, 0.5) is 0 Å². The number of thioether (sulfide) groups is 1. The van der Waals surface area contributed by atoms with Crippen LogP contribution in [0.15, 0.2) is 0 Å². The van der Waals surface area contributed by atoms with Gasteiger partial charge in [0.25, 0.3) is 0 Å². The minimum Gasteiger partial charge on any atom is -0.392 e. The fourth-order valence-corrected chi connectivity index (χ4v) is 2.80. The Morgan fingerprint density at radius 3 is 2.58 bits per heavy atom. The molecule has 0 aliphatic carbocycles. The maximum Gasteiger partial charge on any atom is 0.0664 e. The van der Waals surface area contributed by atoms with E-state index in [4.69, 9.17) is 0 Å². The summed E-state index contributed by atoms with van der Waals surface area (Å²) in [5.74, 6) is 2.51. The Morgan fingerprint density at radius 2 is 2.17 bits per heavy atom. The SMILES string of the molecule is CC(O)C(C)N(C)C1CCSC1. The molecule has 1 rings (SSSR count). The van der Waals surface area contributed by atoms with E-state index in [1.165, 1.54) is 17.9 Å². The summed E-state index contributed by atoms with van der Waals surface area (Å²) in [5.41, 5.74) is 0. The van der Waals surface area contributed by atoms with Crippen LogP contribution in [0.1, 0.15) is 20.3 Å². The molecule has 72 valence electrons. The Kier molecular flexibility index (Phi) is 3.87. The van der Waals surface area contributed by atoms with E-state index in [0.29, 0.717) is 6.04 Å². The van der Waals surface area contributed by atoms with Crippen molar-refractivity contribution in [3.05, 3.63) is 0 Å². The smallest absolute Gasteiger partial charge is 0.0664 e. The highest BCUT2D eigenvalue weighted by atomic mass is 32.2. The van der Waals surface area contributed by atoms with E-state index in [-0.39, 0.29) is 12.1 Å². The van der Waals surface area contributed by atoms with Crippen molar-refractivity contribution in [2.24, 2.45) is 0 Å². The summed E-state index contributed by atoms with van der Waals surface area (Å²) in [5, 5.41) is 9.40. The van der Waals surface area contributed by atoms with Crippen molar-refractivity contribution in [3.8, 4) is 0 Å². The van der Waals surface area contributed by atoms with Gasteiger partial charge in [-0.15, -0.1) is 0 Å². The lowest BCUT2D eigenvalue weighted by atomic mass is 10.1.